The van der Waals surface area contributed by atoms with E-state index in [1.165, 1.54) is 16.9 Å². The van der Waals surface area contributed by atoms with Gasteiger partial charge in [0, 0.05) is 13.2 Å². The number of amides is 2. The van der Waals surface area contributed by atoms with E-state index >= 15 is 0 Å². The summed E-state index contributed by atoms with van der Waals surface area (Å²) in [6, 6.07) is 1.54. The molecule has 0 saturated carbocycles. The van der Waals surface area contributed by atoms with Gasteiger partial charge in [-0.25, -0.2) is 4.79 Å². The van der Waals surface area contributed by atoms with Gasteiger partial charge in [-0.2, -0.15) is 5.10 Å². The quantitative estimate of drug-likeness (QED) is 0.796. The Kier molecular flexibility index (Phi) is 5.03. The highest BCUT2D eigenvalue weighted by molar-refractivity contribution is 7.18. The third kappa shape index (κ3) is 3.46. The van der Waals surface area contributed by atoms with E-state index in [2.05, 4.69) is 10.4 Å². The molecule has 0 spiro atoms. The van der Waals surface area contributed by atoms with E-state index in [-0.39, 0.29) is 21.5 Å². The number of primary amides is 1. The number of esters is 1. The first-order valence-electron chi connectivity index (χ1n) is 7.15. The fourth-order valence-corrected chi connectivity index (χ4v) is 3.16. The van der Waals surface area contributed by atoms with Gasteiger partial charge in [0.1, 0.15) is 10.7 Å². The van der Waals surface area contributed by atoms with Crippen molar-refractivity contribution in [1.82, 2.24) is 9.78 Å². The van der Waals surface area contributed by atoms with E-state index in [0.29, 0.717) is 11.3 Å². The monoisotopic (exact) mass is 350 g/mol. The molecule has 2 amide bonds. The zero-order valence-corrected chi connectivity index (χ0v) is 14.6. The molecule has 2 aromatic rings. The Morgan fingerprint density at radius 1 is 1.38 bits per heavy atom. The summed E-state index contributed by atoms with van der Waals surface area (Å²) in [6.07, 6.45) is 1.15. The molecule has 0 aliphatic heterocycles. The summed E-state index contributed by atoms with van der Waals surface area (Å²) in [5.41, 5.74) is 6.17. The number of aromatic nitrogens is 2. The average Bonchev–Trinajstić information content (AvgIpc) is 3.01. The normalized spacial score (nSPS) is 10.7. The van der Waals surface area contributed by atoms with Crippen molar-refractivity contribution in [3.05, 3.63) is 34.0 Å². The number of carbonyl (C=O) groups excluding carboxylic acids is 3. The molecule has 9 heteroatoms. The highest BCUT2D eigenvalue weighted by Crippen LogP contribution is 2.34. The number of rotatable bonds is 5. The van der Waals surface area contributed by atoms with E-state index in [4.69, 9.17) is 10.5 Å². The molecule has 24 heavy (non-hydrogen) atoms. The zero-order chi connectivity index (χ0) is 18.0. The van der Waals surface area contributed by atoms with Gasteiger partial charge >= 0.3 is 5.97 Å². The van der Waals surface area contributed by atoms with Crippen LogP contribution >= 0.6 is 11.3 Å². The molecule has 0 fully saturated rings. The molecule has 0 aliphatic carbocycles. The lowest BCUT2D eigenvalue weighted by atomic mass is 10.1. The van der Waals surface area contributed by atoms with E-state index < -0.39 is 17.8 Å². The number of aryl methyl sites for hydroxylation is 1. The van der Waals surface area contributed by atoms with Crippen LogP contribution in [0.15, 0.2) is 12.3 Å². The zero-order valence-electron chi connectivity index (χ0n) is 13.7. The summed E-state index contributed by atoms with van der Waals surface area (Å²) >= 11 is 0.944. The number of thiophene rings is 1. The largest absolute Gasteiger partial charge is 0.459 e. The molecule has 0 unspecified atom stereocenters. The van der Waals surface area contributed by atoms with Crippen molar-refractivity contribution in [1.29, 1.82) is 0 Å². The van der Waals surface area contributed by atoms with Gasteiger partial charge in [-0.1, -0.05) is 0 Å². The minimum atomic E-state index is -0.669. The van der Waals surface area contributed by atoms with Crippen LogP contribution in [0, 0.1) is 6.92 Å². The Morgan fingerprint density at radius 3 is 2.54 bits per heavy atom. The van der Waals surface area contributed by atoms with Crippen LogP contribution in [-0.2, 0) is 11.8 Å². The third-order valence-corrected chi connectivity index (χ3v) is 4.42. The molecule has 128 valence electrons. The first-order chi connectivity index (χ1) is 11.2. The maximum absolute atomic E-state index is 12.3. The van der Waals surface area contributed by atoms with Gasteiger partial charge in [0.05, 0.1) is 16.5 Å². The van der Waals surface area contributed by atoms with Crippen LogP contribution in [0.5, 0.6) is 0 Å². The SMILES string of the molecule is Cc1c(C(N)=O)sc(NC(=O)c2ccnn2C)c1C(=O)OC(C)C. The summed E-state index contributed by atoms with van der Waals surface area (Å²) in [7, 11) is 1.62. The standard InChI is InChI=1S/C15H18N4O4S/c1-7(2)23-15(22)10-8(3)11(12(16)20)24-14(10)18-13(21)9-5-6-17-19(9)4/h5-7H,1-4H3,(H2,16,20)(H,18,21). The summed E-state index contributed by atoms with van der Waals surface area (Å²) < 4.78 is 6.59. The molecule has 0 radical (unpaired) electrons. The van der Waals surface area contributed by atoms with Gasteiger partial charge in [-0.3, -0.25) is 14.3 Å². The molecule has 0 bridgehead atoms. The average molecular weight is 350 g/mol. The molecule has 2 rings (SSSR count). The Balaban J connectivity index is 2.42. The number of anilines is 1. The van der Waals surface area contributed by atoms with Crippen LogP contribution in [0.4, 0.5) is 5.00 Å². The van der Waals surface area contributed by atoms with Gasteiger partial charge in [0.15, 0.2) is 0 Å². The molecule has 0 aliphatic rings. The van der Waals surface area contributed by atoms with Crippen LogP contribution in [-0.4, -0.2) is 33.7 Å². The Labute approximate surface area is 142 Å². The van der Waals surface area contributed by atoms with Crippen molar-refractivity contribution in [3.8, 4) is 0 Å². The number of carbonyl (C=O) groups is 3. The Bertz CT molecular complexity index is 807. The highest BCUT2D eigenvalue weighted by atomic mass is 32.1. The Morgan fingerprint density at radius 2 is 2.04 bits per heavy atom. The predicted molar refractivity (Wildman–Crippen MR) is 89.3 cm³/mol. The smallest absolute Gasteiger partial charge is 0.341 e. The minimum Gasteiger partial charge on any atom is -0.459 e. The van der Waals surface area contributed by atoms with Gasteiger partial charge in [0.2, 0.25) is 0 Å². The summed E-state index contributed by atoms with van der Waals surface area (Å²) in [6.45, 7) is 5.01. The highest BCUT2D eigenvalue weighted by Gasteiger charge is 2.27. The topological polar surface area (TPSA) is 116 Å². The lowest BCUT2D eigenvalue weighted by molar-refractivity contribution is 0.0379. The van der Waals surface area contributed by atoms with E-state index in [1.54, 1.807) is 27.8 Å². The first kappa shape index (κ1) is 17.7. The van der Waals surface area contributed by atoms with E-state index in [0.717, 1.165) is 11.3 Å². The molecule has 0 atom stereocenters. The molecule has 2 heterocycles. The molecular formula is C15H18N4O4S. The maximum Gasteiger partial charge on any atom is 0.341 e. The van der Waals surface area contributed by atoms with Crippen LogP contribution in [0.25, 0.3) is 0 Å². The Hall–Kier alpha value is -2.68. The second kappa shape index (κ2) is 6.83. The second-order valence-corrected chi connectivity index (χ2v) is 6.39. The van der Waals surface area contributed by atoms with Crippen molar-refractivity contribution >= 4 is 34.1 Å². The molecule has 8 nitrogen and oxygen atoms in total. The number of hydrogen-bond acceptors (Lipinski definition) is 6. The van der Waals surface area contributed by atoms with Crippen molar-refractivity contribution in [2.45, 2.75) is 26.9 Å². The molecular weight excluding hydrogens is 332 g/mol. The lowest BCUT2D eigenvalue weighted by Gasteiger charge is -2.10. The number of ether oxygens (including phenoxy) is 1. The van der Waals surface area contributed by atoms with Crippen LogP contribution in [0.2, 0.25) is 0 Å². The number of nitrogens with two attached hydrogens (primary N) is 1. The fraction of sp³-hybridized carbons (Fsp3) is 0.333. The number of hydrogen-bond donors (Lipinski definition) is 2. The van der Waals surface area contributed by atoms with E-state index in [1.807, 2.05) is 0 Å². The third-order valence-electron chi connectivity index (χ3n) is 3.20. The van der Waals surface area contributed by atoms with Crippen LogP contribution < -0.4 is 11.1 Å². The summed E-state index contributed by atoms with van der Waals surface area (Å²) in [5.74, 6) is -1.74. The number of nitrogens with zero attached hydrogens (tertiary/aromatic N) is 2. The first-order valence-corrected chi connectivity index (χ1v) is 7.97. The summed E-state index contributed by atoms with van der Waals surface area (Å²) in [4.78, 5) is 36.4. The van der Waals surface area contributed by atoms with Gasteiger partial charge in [-0.05, 0) is 32.4 Å². The van der Waals surface area contributed by atoms with Crippen molar-refractivity contribution in [3.63, 3.8) is 0 Å². The second-order valence-electron chi connectivity index (χ2n) is 5.37. The predicted octanol–water partition coefficient (Wildman–Crippen LogP) is 1.71. The number of nitrogens with one attached hydrogen (secondary N) is 1. The molecule has 0 aromatic carbocycles. The van der Waals surface area contributed by atoms with E-state index in [9.17, 15) is 14.4 Å². The lowest BCUT2D eigenvalue weighted by Crippen LogP contribution is -2.19. The molecule has 2 aromatic heterocycles. The van der Waals surface area contributed by atoms with Crippen molar-refractivity contribution < 1.29 is 19.1 Å². The summed E-state index contributed by atoms with van der Waals surface area (Å²) in [5, 5.41) is 6.78. The molecule has 0 saturated heterocycles. The van der Waals surface area contributed by atoms with Crippen LogP contribution in [0.3, 0.4) is 0 Å². The molecule has 3 N–H and O–H groups in total. The van der Waals surface area contributed by atoms with Gasteiger partial charge in [0.25, 0.3) is 11.8 Å². The maximum atomic E-state index is 12.3. The van der Waals surface area contributed by atoms with Gasteiger partial charge < -0.3 is 15.8 Å². The van der Waals surface area contributed by atoms with Crippen molar-refractivity contribution in [2.75, 3.05) is 5.32 Å². The van der Waals surface area contributed by atoms with Crippen LogP contribution in [0.1, 0.15) is 49.9 Å². The van der Waals surface area contributed by atoms with Gasteiger partial charge in [-0.15, -0.1) is 11.3 Å². The fourth-order valence-electron chi connectivity index (χ4n) is 2.12. The van der Waals surface area contributed by atoms with Crippen molar-refractivity contribution in [2.24, 2.45) is 12.8 Å². The minimum absolute atomic E-state index is 0.137.